The van der Waals surface area contributed by atoms with Gasteiger partial charge in [0.2, 0.25) is 0 Å². The molecule has 0 radical (unpaired) electrons. The monoisotopic (exact) mass is 754 g/mol. The van der Waals surface area contributed by atoms with Crippen LogP contribution in [0.4, 0.5) is 0 Å². The van der Waals surface area contributed by atoms with Crippen molar-refractivity contribution in [3.63, 3.8) is 0 Å². The Labute approximate surface area is 339 Å². The normalized spacial score (nSPS) is 12.7. The summed E-state index contributed by atoms with van der Waals surface area (Å²) < 4.78 is 13.9. The predicted octanol–water partition coefficient (Wildman–Crippen LogP) is 8.77. The van der Waals surface area contributed by atoms with Gasteiger partial charge in [0.05, 0.1) is 0 Å². The Morgan fingerprint density at radius 1 is 0.276 bits per heavy atom. The first-order chi connectivity index (χ1) is 28.8. The average molecular weight is 755 g/mol. The van der Waals surface area contributed by atoms with Gasteiger partial charge >= 0.3 is 0 Å². The number of fused-ring (bicyclic) bond motifs is 12. The van der Waals surface area contributed by atoms with Gasteiger partial charge in [0.1, 0.15) is 23.0 Å². The van der Waals surface area contributed by atoms with Gasteiger partial charge < -0.3 is 9.47 Å². The van der Waals surface area contributed by atoms with E-state index in [1.165, 1.54) is 65.3 Å². The minimum absolute atomic E-state index is 0.00865. The van der Waals surface area contributed by atoms with Crippen LogP contribution >= 0.6 is 0 Å². The van der Waals surface area contributed by atoms with Gasteiger partial charge in [-0.2, -0.15) is 0 Å². The summed E-state index contributed by atoms with van der Waals surface area (Å²) in [5.74, 6) is 3.50. The Morgan fingerprint density at radius 2 is 0.655 bits per heavy atom. The molecule has 2 aliphatic heterocycles. The first-order valence-corrected chi connectivity index (χ1v) is 22.0. The van der Waals surface area contributed by atoms with Crippen LogP contribution in [0.15, 0.2) is 212 Å². The highest BCUT2D eigenvalue weighted by molar-refractivity contribution is 7.20. The fourth-order valence-corrected chi connectivity index (χ4v) is 14.9. The number of para-hydroxylation sites is 2. The third-order valence-electron chi connectivity index (χ3n) is 12.5. The van der Waals surface area contributed by atoms with E-state index >= 15 is 0 Å². The van der Waals surface area contributed by atoms with Gasteiger partial charge in [-0.1, -0.05) is 188 Å². The molecule has 12 rings (SSSR count). The maximum Gasteiger partial charge on any atom is 0.260 e. The Morgan fingerprint density at radius 3 is 1.12 bits per heavy atom. The molecule has 0 fully saturated rings. The van der Waals surface area contributed by atoms with Gasteiger partial charge in [0.25, 0.3) is 6.71 Å². The molecule has 2 heterocycles. The molecule has 4 heteroatoms. The molecule has 0 N–H and O–H groups in total. The highest BCUT2D eigenvalue weighted by Gasteiger charge is 2.46. The lowest BCUT2D eigenvalue weighted by molar-refractivity contribution is 0.465. The number of hydrogen-bond donors (Lipinski definition) is 0. The zero-order valence-corrected chi connectivity index (χ0v) is 32.6. The van der Waals surface area contributed by atoms with E-state index in [2.05, 4.69) is 212 Å². The summed E-state index contributed by atoms with van der Waals surface area (Å²) in [4.78, 5) is 0. The summed E-state index contributed by atoms with van der Waals surface area (Å²) in [5, 5.41) is 5.09. The molecule has 0 unspecified atom stereocenters. The van der Waals surface area contributed by atoms with Crippen molar-refractivity contribution in [3.05, 3.63) is 212 Å². The van der Waals surface area contributed by atoms with E-state index in [-0.39, 0.29) is 6.71 Å². The second-order valence-corrected chi connectivity index (χ2v) is 19.3. The van der Waals surface area contributed by atoms with Crippen molar-refractivity contribution in [2.24, 2.45) is 0 Å². The van der Waals surface area contributed by atoms with Gasteiger partial charge in [-0.05, 0) is 100 Å². The summed E-state index contributed by atoms with van der Waals surface area (Å²) >= 11 is 0. The summed E-state index contributed by atoms with van der Waals surface area (Å²) in [7, 11) is -3.12. The van der Waals surface area contributed by atoms with Crippen LogP contribution in [-0.2, 0) is 0 Å². The highest BCUT2D eigenvalue weighted by Crippen LogP contribution is 2.47. The molecule has 0 saturated heterocycles. The molecular formula is C54H35BO2Si. The molecule has 0 atom stereocenters. The van der Waals surface area contributed by atoms with Gasteiger partial charge in [-0.25, -0.2) is 0 Å². The first-order valence-electron chi connectivity index (χ1n) is 20.0. The molecule has 0 aromatic heterocycles. The largest absolute Gasteiger partial charge is 0.458 e. The van der Waals surface area contributed by atoms with E-state index in [0.717, 1.165) is 39.4 Å². The quantitative estimate of drug-likeness (QED) is 0.132. The van der Waals surface area contributed by atoms with Crippen molar-refractivity contribution in [2.75, 3.05) is 0 Å². The van der Waals surface area contributed by atoms with E-state index in [0.29, 0.717) is 0 Å². The standard InChI is InChI=1S/C54H35BO2Si/c1-3-17-36(18-4-1)58(37-19-5-2-6-20-37,39-34-52-54-53(35-39)57-51-30-16-14-28-49(51)55(54)48-27-13-15-29-50(48)56-52)38-31-32-46-44-25-10-9-23-42(44)40-21-7-8-22-41(40)43-24-11-12-26-45(43)47(46)33-38/h1-35H. The summed E-state index contributed by atoms with van der Waals surface area (Å²) in [6.07, 6.45) is 0. The minimum atomic E-state index is -3.12. The molecule has 9 aromatic rings. The van der Waals surface area contributed by atoms with Crippen molar-refractivity contribution >= 4 is 51.9 Å². The van der Waals surface area contributed by atoms with Crippen molar-refractivity contribution in [3.8, 4) is 67.5 Å². The molecule has 58 heavy (non-hydrogen) atoms. The molecule has 2 nitrogen and oxygen atoms in total. The summed E-state index contributed by atoms with van der Waals surface area (Å²) in [5.41, 5.74) is 13.3. The number of benzene rings is 9. The zero-order valence-electron chi connectivity index (χ0n) is 31.6. The van der Waals surface area contributed by atoms with Crippen LogP contribution in [0.1, 0.15) is 0 Å². The lowest BCUT2D eigenvalue weighted by Gasteiger charge is -2.38. The lowest BCUT2D eigenvalue weighted by atomic mass is 9.35. The average Bonchev–Trinajstić information content (AvgIpc) is 3.29. The second kappa shape index (κ2) is 13.0. The molecule has 0 saturated carbocycles. The van der Waals surface area contributed by atoms with Crippen LogP contribution in [0, 0.1) is 0 Å². The van der Waals surface area contributed by atoms with Gasteiger partial charge in [0, 0.05) is 5.46 Å². The van der Waals surface area contributed by atoms with Gasteiger partial charge in [0.15, 0.2) is 8.07 Å². The first kappa shape index (κ1) is 33.0. The van der Waals surface area contributed by atoms with Crippen LogP contribution in [0.5, 0.6) is 23.0 Å². The van der Waals surface area contributed by atoms with Crippen molar-refractivity contribution in [1.82, 2.24) is 0 Å². The summed E-state index contributed by atoms with van der Waals surface area (Å²) in [6, 6.07) is 78.0. The van der Waals surface area contributed by atoms with Crippen LogP contribution in [0.25, 0.3) is 44.5 Å². The molecule has 0 spiro atoms. The number of hydrogen-bond acceptors (Lipinski definition) is 2. The van der Waals surface area contributed by atoms with Crippen molar-refractivity contribution in [1.29, 1.82) is 0 Å². The SMILES string of the molecule is c1ccc([Si](c2ccccc2)(c2cc3c4c(c2)Oc2ccccc2B4c2ccccc2O3)c2ccc3c(c2)-c2ccccc2-c2ccccc2-c2ccccc2-3)cc1. The fourth-order valence-electron chi connectivity index (χ4n) is 10.1. The lowest BCUT2D eigenvalue weighted by Crippen LogP contribution is -2.75. The zero-order chi connectivity index (χ0) is 38.2. The van der Waals surface area contributed by atoms with E-state index in [1.807, 2.05) is 0 Å². The van der Waals surface area contributed by atoms with E-state index < -0.39 is 8.07 Å². The fraction of sp³-hybridized carbons (Fsp3) is 0. The highest BCUT2D eigenvalue weighted by atomic mass is 28.3. The second-order valence-electron chi connectivity index (χ2n) is 15.5. The van der Waals surface area contributed by atoms with Crippen LogP contribution in [0.2, 0.25) is 0 Å². The predicted molar refractivity (Wildman–Crippen MR) is 243 cm³/mol. The van der Waals surface area contributed by atoms with E-state index in [9.17, 15) is 0 Å². The smallest absolute Gasteiger partial charge is 0.260 e. The van der Waals surface area contributed by atoms with E-state index in [4.69, 9.17) is 9.47 Å². The maximum absolute atomic E-state index is 6.96. The Bertz CT molecular complexity index is 2970. The van der Waals surface area contributed by atoms with Crippen molar-refractivity contribution < 1.29 is 9.47 Å². The molecule has 0 amide bonds. The molecule has 1 aliphatic carbocycles. The number of rotatable bonds is 4. The summed E-state index contributed by atoms with van der Waals surface area (Å²) in [6.45, 7) is 0.00865. The molecular weight excluding hydrogens is 719 g/mol. The molecule has 9 aromatic carbocycles. The minimum Gasteiger partial charge on any atom is -0.458 e. The van der Waals surface area contributed by atoms with E-state index in [1.54, 1.807) is 0 Å². The van der Waals surface area contributed by atoms with Crippen LogP contribution in [0.3, 0.4) is 0 Å². The maximum atomic E-state index is 6.96. The van der Waals surface area contributed by atoms with Gasteiger partial charge in [-0.3, -0.25) is 0 Å². The Hall–Kier alpha value is -7.14. The number of ether oxygens (including phenoxy) is 2. The van der Waals surface area contributed by atoms with Crippen LogP contribution in [-0.4, -0.2) is 14.8 Å². The topological polar surface area (TPSA) is 18.5 Å². The van der Waals surface area contributed by atoms with Crippen molar-refractivity contribution in [2.45, 2.75) is 0 Å². The third kappa shape index (κ3) is 4.79. The molecule has 0 bridgehead atoms. The van der Waals surface area contributed by atoms with Gasteiger partial charge in [-0.15, -0.1) is 0 Å². The Balaban J connectivity index is 1.18. The third-order valence-corrected chi connectivity index (χ3v) is 17.3. The molecule has 3 aliphatic rings. The Kier molecular flexibility index (Phi) is 7.38. The van der Waals surface area contributed by atoms with Crippen LogP contribution < -0.4 is 46.6 Å². The molecule has 270 valence electrons.